The van der Waals surface area contributed by atoms with Gasteiger partial charge in [0.25, 0.3) is 0 Å². The minimum absolute atomic E-state index is 0.622. The Labute approximate surface area is 99.7 Å². The van der Waals surface area contributed by atoms with Crippen LogP contribution in [0.4, 0.5) is 0 Å². The summed E-state index contributed by atoms with van der Waals surface area (Å²) in [4.78, 5) is 2.52. The van der Waals surface area contributed by atoms with Crippen LogP contribution in [-0.2, 0) is 9.47 Å². The van der Waals surface area contributed by atoms with Gasteiger partial charge in [0.05, 0.1) is 26.3 Å². The highest BCUT2D eigenvalue weighted by atomic mass is 16.5. The van der Waals surface area contributed by atoms with Crippen LogP contribution < -0.4 is 0 Å². The van der Waals surface area contributed by atoms with Gasteiger partial charge in [-0.3, -0.25) is 0 Å². The average Bonchev–Trinajstić information content (AvgIpc) is 2.49. The van der Waals surface area contributed by atoms with Gasteiger partial charge in [-0.15, -0.1) is 0 Å². The van der Waals surface area contributed by atoms with E-state index >= 15 is 0 Å². The molecule has 1 rings (SSSR count). The standard InChI is InChI=1S/C12H27N2O2/c1-11-12(2)14(3,7-9-16-5)10-13(11)6-8-15-4/h11-12H,6-10H2,1-5H3/q+1. The number of hydrogen-bond donors (Lipinski definition) is 0. The zero-order chi connectivity index (χ0) is 12.2. The number of likely N-dealkylation sites (N-methyl/N-ethyl adjacent to an activating group) is 1. The van der Waals surface area contributed by atoms with Gasteiger partial charge in [-0.05, 0) is 13.8 Å². The largest absolute Gasteiger partial charge is 0.383 e. The summed E-state index contributed by atoms with van der Waals surface area (Å²) in [5.41, 5.74) is 0. The Hall–Kier alpha value is -0.160. The fourth-order valence-corrected chi connectivity index (χ4v) is 2.56. The molecule has 0 spiro atoms. The van der Waals surface area contributed by atoms with E-state index < -0.39 is 0 Å². The molecule has 0 aliphatic carbocycles. The molecule has 0 saturated carbocycles. The van der Waals surface area contributed by atoms with Crippen LogP contribution in [0.2, 0.25) is 0 Å². The summed E-state index contributed by atoms with van der Waals surface area (Å²) in [5.74, 6) is 0. The van der Waals surface area contributed by atoms with Gasteiger partial charge < -0.3 is 14.0 Å². The first-order chi connectivity index (χ1) is 7.55. The van der Waals surface area contributed by atoms with Crippen LogP contribution in [0.15, 0.2) is 0 Å². The lowest BCUT2D eigenvalue weighted by atomic mass is 10.1. The first kappa shape index (κ1) is 13.9. The van der Waals surface area contributed by atoms with E-state index in [9.17, 15) is 0 Å². The minimum Gasteiger partial charge on any atom is -0.383 e. The average molecular weight is 231 g/mol. The maximum atomic E-state index is 5.21. The molecule has 0 amide bonds. The van der Waals surface area contributed by atoms with E-state index in [1.54, 1.807) is 14.2 Å². The van der Waals surface area contributed by atoms with Crippen molar-refractivity contribution in [1.29, 1.82) is 0 Å². The third-order valence-electron chi connectivity index (χ3n) is 4.15. The van der Waals surface area contributed by atoms with Crippen molar-refractivity contribution < 1.29 is 14.0 Å². The van der Waals surface area contributed by atoms with Gasteiger partial charge in [0.2, 0.25) is 0 Å². The van der Waals surface area contributed by atoms with E-state index in [0.717, 1.165) is 37.5 Å². The number of quaternary nitrogens is 1. The number of hydrogen-bond acceptors (Lipinski definition) is 3. The molecule has 4 nitrogen and oxygen atoms in total. The second-order valence-corrected chi connectivity index (χ2v) is 5.12. The highest BCUT2D eigenvalue weighted by molar-refractivity contribution is 4.78. The Morgan fingerprint density at radius 1 is 1.19 bits per heavy atom. The third-order valence-corrected chi connectivity index (χ3v) is 4.15. The van der Waals surface area contributed by atoms with Crippen molar-refractivity contribution in [3.63, 3.8) is 0 Å². The zero-order valence-electron chi connectivity index (χ0n) is 11.4. The minimum atomic E-state index is 0.622. The molecule has 0 bridgehead atoms. The molecule has 1 fully saturated rings. The summed E-state index contributed by atoms with van der Waals surface area (Å²) in [6.07, 6.45) is 0. The summed E-state index contributed by atoms with van der Waals surface area (Å²) in [6, 6.07) is 1.28. The third kappa shape index (κ3) is 2.94. The molecule has 3 atom stereocenters. The van der Waals surface area contributed by atoms with E-state index in [1.807, 2.05) is 0 Å². The van der Waals surface area contributed by atoms with Crippen LogP contribution in [0.25, 0.3) is 0 Å². The van der Waals surface area contributed by atoms with Crippen LogP contribution >= 0.6 is 0 Å². The number of rotatable bonds is 6. The smallest absolute Gasteiger partial charge is 0.135 e. The van der Waals surface area contributed by atoms with Crippen LogP contribution in [0.1, 0.15) is 13.8 Å². The van der Waals surface area contributed by atoms with Crippen molar-refractivity contribution in [3.05, 3.63) is 0 Å². The van der Waals surface area contributed by atoms with Crippen molar-refractivity contribution in [3.8, 4) is 0 Å². The van der Waals surface area contributed by atoms with Crippen molar-refractivity contribution in [2.45, 2.75) is 25.9 Å². The molecule has 0 aromatic rings. The maximum Gasteiger partial charge on any atom is 0.135 e. The monoisotopic (exact) mass is 231 g/mol. The molecule has 0 N–H and O–H groups in total. The lowest BCUT2D eigenvalue weighted by Crippen LogP contribution is -2.50. The fourth-order valence-electron chi connectivity index (χ4n) is 2.56. The Kier molecular flexibility index (Phi) is 5.18. The predicted molar refractivity (Wildman–Crippen MR) is 65.3 cm³/mol. The number of ether oxygens (including phenoxy) is 2. The van der Waals surface area contributed by atoms with Crippen molar-refractivity contribution in [1.82, 2.24) is 4.90 Å². The molecule has 1 aliphatic rings. The molecule has 0 aromatic carbocycles. The van der Waals surface area contributed by atoms with Crippen LogP contribution in [0.3, 0.4) is 0 Å². The highest BCUT2D eigenvalue weighted by Crippen LogP contribution is 2.26. The molecule has 1 aliphatic heterocycles. The lowest BCUT2D eigenvalue weighted by Gasteiger charge is -2.34. The Bertz CT molecular complexity index is 213. The molecule has 16 heavy (non-hydrogen) atoms. The summed E-state index contributed by atoms with van der Waals surface area (Å²) in [6.45, 7) is 9.54. The molecular formula is C12H27N2O2+. The summed E-state index contributed by atoms with van der Waals surface area (Å²) in [5, 5.41) is 0. The Morgan fingerprint density at radius 3 is 2.38 bits per heavy atom. The van der Waals surface area contributed by atoms with E-state index in [1.165, 1.54) is 0 Å². The quantitative estimate of drug-likeness (QED) is 0.631. The summed E-state index contributed by atoms with van der Waals surface area (Å²) in [7, 11) is 5.87. The van der Waals surface area contributed by atoms with E-state index in [4.69, 9.17) is 9.47 Å². The summed E-state index contributed by atoms with van der Waals surface area (Å²) >= 11 is 0. The van der Waals surface area contributed by atoms with Crippen LogP contribution in [0.5, 0.6) is 0 Å². The van der Waals surface area contributed by atoms with E-state index in [-0.39, 0.29) is 0 Å². The molecule has 1 saturated heterocycles. The van der Waals surface area contributed by atoms with Gasteiger partial charge in [0.15, 0.2) is 0 Å². The fraction of sp³-hybridized carbons (Fsp3) is 1.00. The molecule has 96 valence electrons. The Morgan fingerprint density at radius 2 is 1.81 bits per heavy atom. The van der Waals surface area contributed by atoms with Gasteiger partial charge in [0.1, 0.15) is 19.3 Å². The second kappa shape index (κ2) is 5.96. The van der Waals surface area contributed by atoms with Crippen LogP contribution in [-0.4, -0.2) is 75.7 Å². The van der Waals surface area contributed by atoms with Gasteiger partial charge in [0, 0.05) is 20.8 Å². The van der Waals surface area contributed by atoms with E-state index in [2.05, 4.69) is 25.8 Å². The normalized spacial score (nSPS) is 35.8. The Balaban J connectivity index is 2.55. The molecular weight excluding hydrogens is 204 g/mol. The molecule has 4 heteroatoms. The van der Waals surface area contributed by atoms with Gasteiger partial charge in [-0.25, -0.2) is 4.90 Å². The topological polar surface area (TPSA) is 21.7 Å². The lowest BCUT2D eigenvalue weighted by molar-refractivity contribution is -0.923. The number of methoxy groups -OCH3 is 2. The summed E-state index contributed by atoms with van der Waals surface area (Å²) < 4.78 is 11.5. The molecule has 0 radical (unpaired) electrons. The SMILES string of the molecule is COCCN1C[N+](C)(CCOC)C(C)C1C. The highest BCUT2D eigenvalue weighted by Gasteiger charge is 2.44. The molecule has 0 aromatic heterocycles. The molecule has 3 unspecified atom stereocenters. The van der Waals surface area contributed by atoms with Crippen molar-refractivity contribution in [2.75, 3.05) is 54.2 Å². The van der Waals surface area contributed by atoms with Gasteiger partial charge in [-0.2, -0.15) is 0 Å². The zero-order valence-corrected chi connectivity index (χ0v) is 11.4. The maximum absolute atomic E-state index is 5.21. The van der Waals surface area contributed by atoms with Crippen LogP contribution in [0, 0.1) is 0 Å². The van der Waals surface area contributed by atoms with Gasteiger partial charge in [-0.1, -0.05) is 0 Å². The van der Waals surface area contributed by atoms with Gasteiger partial charge >= 0.3 is 0 Å². The number of nitrogens with zero attached hydrogens (tertiary/aromatic N) is 2. The molecule has 1 heterocycles. The first-order valence-electron chi connectivity index (χ1n) is 6.11. The van der Waals surface area contributed by atoms with Crippen molar-refractivity contribution >= 4 is 0 Å². The second-order valence-electron chi connectivity index (χ2n) is 5.12. The van der Waals surface area contributed by atoms with E-state index in [0.29, 0.717) is 12.1 Å². The first-order valence-corrected chi connectivity index (χ1v) is 6.11. The predicted octanol–water partition coefficient (Wildman–Crippen LogP) is 0.776. The van der Waals surface area contributed by atoms with Crippen molar-refractivity contribution in [2.24, 2.45) is 0 Å².